The maximum Gasteiger partial charge on any atom is 0.157 e. The number of nitrogens with one attached hydrogen (secondary N) is 1. The molecule has 4 N–H and O–H groups in total. The number of carbonyl (C=O) groups excluding carboxylic acids is 1. The zero-order valence-corrected chi connectivity index (χ0v) is 11.8. The first-order valence-corrected chi connectivity index (χ1v) is 6.66. The van der Waals surface area contributed by atoms with E-state index in [9.17, 15) is 25.2 Å². The predicted molar refractivity (Wildman–Crippen MR) is 71.8 cm³/mol. The molecular weight excluding hydrogens is 302 g/mol. The van der Waals surface area contributed by atoms with Gasteiger partial charge in [0.15, 0.2) is 6.23 Å². The lowest BCUT2D eigenvalue weighted by molar-refractivity contribution is -0.254. The minimum Gasteiger partial charge on any atom is -0.545 e. The Morgan fingerprint density at radius 3 is 2.57 bits per heavy atom. The second-order valence-corrected chi connectivity index (χ2v) is 5.29. The van der Waals surface area contributed by atoms with Gasteiger partial charge in [0.2, 0.25) is 0 Å². The van der Waals surface area contributed by atoms with Gasteiger partial charge in [-0.2, -0.15) is 0 Å². The van der Waals surface area contributed by atoms with Crippen LogP contribution in [0.4, 0.5) is 5.69 Å². The molecule has 0 spiro atoms. The first-order chi connectivity index (χ1) is 9.81. The summed E-state index contributed by atoms with van der Waals surface area (Å²) in [5, 5.41) is 43.2. The van der Waals surface area contributed by atoms with Gasteiger partial charge in [0.1, 0.15) is 18.3 Å². The number of anilines is 1. The molecule has 0 aromatic heterocycles. The van der Waals surface area contributed by atoms with Crippen molar-refractivity contribution in [1.82, 2.24) is 0 Å². The molecule has 1 aromatic rings. The average molecular weight is 317 g/mol. The Labute approximate surface area is 125 Å². The molecule has 0 saturated carbocycles. The summed E-state index contributed by atoms with van der Waals surface area (Å²) in [5.74, 6) is -1.42. The highest BCUT2D eigenvalue weighted by molar-refractivity contribution is 6.31. The van der Waals surface area contributed by atoms with Gasteiger partial charge < -0.3 is 35.3 Å². The number of carboxylic acids is 1. The molecule has 0 bridgehead atoms. The molecule has 0 amide bonds. The Morgan fingerprint density at radius 2 is 1.95 bits per heavy atom. The first-order valence-electron chi connectivity index (χ1n) is 6.28. The third-order valence-electron chi connectivity index (χ3n) is 3.35. The molecule has 7 nitrogen and oxygen atoms in total. The van der Waals surface area contributed by atoms with Crippen LogP contribution in [-0.4, -0.2) is 51.9 Å². The van der Waals surface area contributed by atoms with E-state index in [0.717, 1.165) is 0 Å². The Morgan fingerprint density at radius 1 is 1.29 bits per heavy atom. The molecule has 2 rings (SSSR count). The Balaban J connectivity index is 2.25. The highest BCUT2D eigenvalue weighted by Gasteiger charge is 2.41. The summed E-state index contributed by atoms with van der Waals surface area (Å²) < 4.78 is 5.33. The molecule has 21 heavy (non-hydrogen) atoms. The number of carbonyl (C=O) groups is 1. The molecular formula is C13H15ClNO6-. The largest absolute Gasteiger partial charge is 0.545 e. The summed E-state index contributed by atoms with van der Waals surface area (Å²) in [5.41, 5.74) is -0.0780. The number of halogens is 1. The van der Waals surface area contributed by atoms with Crippen LogP contribution < -0.4 is 10.4 Å². The molecule has 1 heterocycles. The third kappa shape index (κ3) is 3.28. The predicted octanol–water partition coefficient (Wildman–Crippen LogP) is -1.06. The van der Waals surface area contributed by atoms with Crippen molar-refractivity contribution in [3.05, 3.63) is 28.8 Å². The Kier molecular flexibility index (Phi) is 4.70. The van der Waals surface area contributed by atoms with Crippen LogP contribution in [0.25, 0.3) is 0 Å². The maximum atomic E-state index is 11.1. The zero-order valence-electron chi connectivity index (χ0n) is 11.1. The van der Waals surface area contributed by atoms with Crippen LogP contribution >= 0.6 is 11.6 Å². The van der Waals surface area contributed by atoms with E-state index in [1.807, 2.05) is 0 Å². The van der Waals surface area contributed by atoms with E-state index in [2.05, 4.69) is 5.32 Å². The summed E-state index contributed by atoms with van der Waals surface area (Å²) in [6.45, 7) is 1.52. The van der Waals surface area contributed by atoms with Crippen molar-refractivity contribution in [1.29, 1.82) is 0 Å². The zero-order chi connectivity index (χ0) is 15.7. The highest BCUT2D eigenvalue weighted by Crippen LogP contribution is 2.26. The summed E-state index contributed by atoms with van der Waals surface area (Å²) in [4.78, 5) is 11.1. The minimum atomic E-state index is -1.44. The van der Waals surface area contributed by atoms with Crippen LogP contribution in [0.2, 0.25) is 5.02 Å². The molecule has 5 atom stereocenters. The summed E-state index contributed by atoms with van der Waals surface area (Å²) in [7, 11) is 0. The summed E-state index contributed by atoms with van der Waals surface area (Å²) >= 11 is 5.81. The van der Waals surface area contributed by atoms with Gasteiger partial charge in [-0.25, -0.2) is 0 Å². The number of aliphatic hydroxyl groups excluding tert-OH is 3. The lowest BCUT2D eigenvalue weighted by Gasteiger charge is -2.40. The SMILES string of the molecule is C[C@@H]1O[C@@H](Nc2cc(Cl)ccc2C(=O)[O-])[C@@H](O)[C@@H](O)[C@@H]1O. The van der Waals surface area contributed by atoms with E-state index in [4.69, 9.17) is 16.3 Å². The molecule has 1 aliphatic rings. The lowest BCUT2D eigenvalue weighted by atomic mass is 9.99. The van der Waals surface area contributed by atoms with Crippen LogP contribution in [-0.2, 0) is 4.74 Å². The smallest absolute Gasteiger partial charge is 0.157 e. The van der Waals surface area contributed by atoms with Crippen molar-refractivity contribution < 1.29 is 30.0 Å². The van der Waals surface area contributed by atoms with Crippen LogP contribution in [0.5, 0.6) is 0 Å². The van der Waals surface area contributed by atoms with Crippen molar-refractivity contribution in [3.8, 4) is 0 Å². The monoisotopic (exact) mass is 316 g/mol. The normalized spacial score (nSPS) is 32.7. The van der Waals surface area contributed by atoms with Gasteiger partial charge in [-0.3, -0.25) is 0 Å². The van der Waals surface area contributed by atoms with E-state index in [-0.39, 0.29) is 16.3 Å². The van der Waals surface area contributed by atoms with E-state index < -0.39 is 36.6 Å². The Bertz CT molecular complexity index is 539. The van der Waals surface area contributed by atoms with Crippen LogP contribution in [0.3, 0.4) is 0 Å². The second-order valence-electron chi connectivity index (χ2n) is 4.86. The maximum absolute atomic E-state index is 11.1. The standard InChI is InChI=1S/C13H16ClNO6/c1-5-9(16)10(17)11(18)12(21-5)15-8-4-6(14)2-3-7(8)13(19)20/h2-5,9-12,15-18H,1H3,(H,19,20)/p-1/t5-,9+,10-,11-,12+/m0/s1. The van der Waals surface area contributed by atoms with Crippen molar-refractivity contribution in [2.75, 3.05) is 5.32 Å². The number of ether oxygens (including phenoxy) is 1. The fraction of sp³-hybridized carbons (Fsp3) is 0.462. The minimum absolute atomic E-state index is 0.0855. The van der Waals surface area contributed by atoms with Crippen LogP contribution in [0.1, 0.15) is 17.3 Å². The van der Waals surface area contributed by atoms with Gasteiger partial charge in [0.25, 0.3) is 0 Å². The van der Waals surface area contributed by atoms with Crippen LogP contribution in [0.15, 0.2) is 18.2 Å². The molecule has 0 radical (unpaired) electrons. The van der Waals surface area contributed by atoms with Gasteiger partial charge in [-0.1, -0.05) is 11.6 Å². The molecule has 1 aromatic carbocycles. The number of aromatic carboxylic acids is 1. The number of rotatable bonds is 3. The molecule has 0 unspecified atom stereocenters. The van der Waals surface area contributed by atoms with Crippen molar-refractivity contribution in [2.45, 2.75) is 37.6 Å². The van der Waals surface area contributed by atoms with Gasteiger partial charge in [-0.15, -0.1) is 0 Å². The van der Waals surface area contributed by atoms with Crippen molar-refractivity contribution in [2.24, 2.45) is 0 Å². The highest BCUT2D eigenvalue weighted by atomic mass is 35.5. The number of benzene rings is 1. The molecule has 1 aliphatic heterocycles. The van der Waals surface area contributed by atoms with E-state index >= 15 is 0 Å². The fourth-order valence-electron chi connectivity index (χ4n) is 2.14. The van der Waals surface area contributed by atoms with E-state index in [1.54, 1.807) is 0 Å². The van der Waals surface area contributed by atoms with Gasteiger partial charge in [0, 0.05) is 16.3 Å². The quantitative estimate of drug-likeness (QED) is 0.561. The van der Waals surface area contributed by atoms with Crippen molar-refractivity contribution >= 4 is 23.3 Å². The summed E-state index contributed by atoms with van der Waals surface area (Å²) in [6, 6.07) is 3.98. The third-order valence-corrected chi connectivity index (χ3v) is 3.59. The average Bonchev–Trinajstić information content (AvgIpc) is 2.42. The number of carboxylic acid groups (broad SMARTS) is 1. The molecule has 8 heteroatoms. The molecule has 1 saturated heterocycles. The lowest BCUT2D eigenvalue weighted by Crippen LogP contribution is -2.58. The van der Waals surface area contributed by atoms with Gasteiger partial charge in [0.05, 0.1) is 12.1 Å². The van der Waals surface area contributed by atoms with Gasteiger partial charge in [-0.05, 0) is 25.1 Å². The molecule has 116 valence electrons. The summed E-state index contributed by atoms with van der Waals surface area (Å²) in [6.07, 6.45) is -5.94. The topological polar surface area (TPSA) is 122 Å². The van der Waals surface area contributed by atoms with E-state index in [1.165, 1.54) is 25.1 Å². The van der Waals surface area contributed by atoms with E-state index in [0.29, 0.717) is 0 Å². The molecule has 1 fully saturated rings. The Hall–Kier alpha value is -1.38. The fourth-order valence-corrected chi connectivity index (χ4v) is 2.31. The second kappa shape index (κ2) is 6.17. The van der Waals surface area contributed by atoms with Gasteiger partial charge >= 0.3 is 0 Å². The molecule has 0 aliphatic carbocycles. The number of hydrogen-bond donors (Lipinski definition) is 4. The number of aliphatic hydroxyl groups is 3. The number of hydrogen-bond acceptors (Lipinski definition) is 7. The van der Waals surface area contributed by atoms with Crippen LogP contribution in [0, 0.1) is 0 Å². The first kappa shape index (κ1) is 16.0. The van der Waals surface area contributed by atoms with Crippen molar-refractivity contribution in [3.63, 3.8) is 0 Å².